The molecule has 0 amide bonds. The van der Waals surface area contributed by atoms with Crippen molar-refractivity contribution >= 4 is 5.97 Å². The minimum atomic E-state index is -1.04. The van der Waals surface area contributed by atoms with Crippen LogP contribution in [0.2, 0.25) is 0 Å². The lowest BCUT2D eigenvalue weighted by Crippen LogP contribution is -2.00. The Balaban J connectivity index is 2.65. The van der Waals surface area contributed by atoms with Crippen LogP contribution in [0.5, 0.6) is 5.75 Å². The van der Waals surface area contributed by atoms with Gasteiger partial charge < -0.3 is 9.84 Å². The van der Waals surface area contributed by atoms with Crippen molar-refractivity contribution in [3.8, 4) is 17.0 Å². The van der Waals surface area contributed by atoms with Crippen molar-refractivity contribution in [2.45, 2.75) is 6.92 Å². The van der Waals surface area contributed by atoms with E-state index >= 15 is 0 Å². The maximum atomic E-state index is 10.9. The first-order valence-electron chi connectivity index (χ1n) is 5.46. The molecule has 1 aromatic carbocycles. The van der Waals surface area contributed by atoms with Gasteiger partial charge in [0, 0.05) is 12.6 Å². The van der Waals surface area contributed by atoms with Gasteiger partial charge in [-0.1, -0.05) is 12.1 Å². The molecule has 1 N–H and O–H groups in total. The summed E-state index contributed by atoms with van der Waals surface area (Å²) in [6.07, 6.45) is 0. The van der Waals surface area contributed by atoms with Crippen molar-refractivity contribution in [3.63, 3.8) is 0 Å². The average molecular weight is 246 g/mol. The van der Waals surface area contributed by atoms with Crippen LogP contribution in [0, 0.1) is 6.92 Å². The Morgan fingerprint density at radius 1 is 1.44 bits per heavy atom. The number of hydrogen-bond donors (Lipinski definition) is 1. The molecule has 0 aliphatic heterocycles. The molecule has 5 heteroatoms. The van der Waals surface area contributed by atoms with E-state index in [-0.39, 0.29) is 5.69 Å². The third kappa shape index (κ3) is 1.95. The van der Waals surface area contributed by atoms with E-state index in [0.29, 0.717) is 5.75 Å². The first-order chi connectivity index (χ1) is 8.54. The van der Waals surface area contributed by atoms with Gasteiger partial charge in [-0.2, -0.15) is 5.10 Å². The standard InChI is InChI=1S/C13H14N2O3/c1-8-5-4-6-11(18-3)12(8)10-7-9(13(16)17)14-15(10)2/h4-7H,1-3H3,(H,16,17). The molecule has 18 heavy (non-hydrogen) atoms. The summed E-state index contributed by atoms with van der Waals surface area (Å²) in [6, 6.07) is 7.24. The van der Waals surface area contributed by atoms with Crippen LogP contribution < -0.4 is 4.74 Å². The van der Waals surface area contributed by atoms with Gasteiger partial charge in [0.05, 0.1) is 12.8 Å². The van der Waals surface area contributed by atoms with E-state index in [1.54, 1.807) is 24.9 Å². The zero-order chi connectivity index (χ0) is 13.3. The molecule has 0 aliphatic carbocycles. The van der Waals surface area contributed by atoms with Crippen LogP contribution in [0.4, 0.5) is 0 Å². The van der Waals surface area contributed by atoms with Gasteiger partial charge in [-0.05, 0) is 24.6 Å². The molecular formula is C13H14N2O3. The number of aryl methyl sites for hydroxylation is 2. The number of methoxy groups -OCH3 is 1. The number of aromatic carboxylic acids is 1. The van der Waals surface area contributed by atoms with Crippen LogP contribution in [-0.4, -0.2) is 28.0 Å². The van der Waals surface area contributed by atoms with Gasteiger partial charge in [-0.3, -0.25) is 4.68 Å². The van der Waals surface area contributed by atoms with Crippen molar-refractivity contribution in [1.82, 2.24) is 9.78 Å². The normalized spacial score (nSPS) is 10.4. The molecule has 2 aromatic rings. The zero-order valence-corrected chi connectivity index (χ0v) is 10.5. The lowest BCUT2D eigenvalue weighted by atomic mass is 10.0. The lowest BCUT2D eigenvalue weighted by Gasteiger charge is -2.11. The van der Waals surface area contributed by atoms with E-state index in [0.717, 1.165) is 16.8 Å². The number of aromatic nitrogens is 2. The fourth-order valence-corrected chi connectivity index (χ4v) is 1.94. The molecule has 1 aromatic heterocycles. The van der Waals surface area contributed by atoms with Gasteiger partial charge in [0.25, 0.3) is 0 Å². The SMILES string of the molecule is COc1cccc(C)c1-c1cc(C(=O)O)nn1C. The summed E-state index contributed by atoms with van der Waals surface area (Å²) in [5.41, 5.74) is 2.62. The summed E-state index contributed by atoms with van der Waals surface area (Å²) in [6.45, 7) is 1.95. The van der Waals surface area contributed by atoms with E-state index in [9.17, 15) is 4.79 Å². The second kappa shape index (κ2) is 4.52. The Labute approximate surface area is 105 Å². The highest BCUT2D eigenvalue weighted by Crippen LogP contribution is 2.33. The van der Waals surface area contributed by atoms with Gasteiger partial charge in [-0.25, -0.2) is 4.79 Å². The predicted octanol–water partition coefficient (Wildman–Crippen LogP) is 2.10. The van der Waals surface area contributed by atoms with Crippen molar-refractivity contribution in [3.05, 3.63) is 35.5 Å². The first-order valence-corrected chi connectivity index (χ1v) is 5.46. The van der Waals surface area contributed by atoms with Gasteiger partial charge >= 0.3 is 5.97 Å². The lowest BCUT2D eigenvalue weighted by molar-refractivity contribution is 0.0689. The third-order valence-corrected chi connectivity index (χ3v) is 2.81. The van der Waals surface area contributed by atoms with Crippen LogP contribution >= 0.6 is 0 Å². The van der Waals surface area contributed by atoms with E-state index in [1.165, 1.54) is 0 Å². The molecule has 0 radical (unpaired) electrons. The predicted molar refractivity (Wildman–Crippen MR) is 66.9 cm³/mol. The average Bonchev–Trinajstić information content (AvgIpc) is 2.71. The van der Waals surface area contributed by atoms with Crippen LogP contribution in [0.1, 0.15) is 16.1 Å². The third-order valence-electron chi connectivity index (χ3n) is 2.81. The molecule has 0 fully saturated rings. The topological polar surface area (TPSA) is 64.3 Å². The quantitative estimate of drug-likeness (QED) is 0.900. The van der Waals surface area contributed by atoms with Crippen molar-refractivity contribution in [2.75, 3.05) is 7.11 Å². The molecule has 0 bridgehead atoms. The van der Waals surface area contributed by atoms with Crippen LogP contribution in [0.3, 0.4) is 0 Å². The Kier molecular flexibility index (Phi) is 3.06. The minimum Gasteiger partial charge on any atom is -0.496 e. The van der Waals surface area contributed by atoms with Gasteiger partial charge in [0.15, 0.2) is 5.69 Å². The number of nitrogens with zero attached hydrogens (tertiary/aromatic N) is 2. The summed E-state index contributed by atoms with van der Waals surface area (Å²) < 4.78 is 6.87. The smallest absolute Gasteiger partial charge is 0.356 e. The molecule has 1 heterocycles. The van der Waals surface area contributed by atoms with Crippen molar-refractivity contribution in [2.24, 2.45) is 7.05 Å². The number of rotatable bonds is 3. The van der Waals surface area contributed by atoms with Crippen molar-refractivity contribution in [1.29, 1.82) is 0 Å². The molecule has 2 rings (SSSR count). The number of carboxylic acids is 1. The van der Waals surface area contributed by atoms with Gasteiger partial charge in [-0.15, -0.1) is 0 Å². The second-order valence-electron chi connectivity index (χ2n) is 4.00. The molecule has 0 unspecified atom stereocenters. The Hall–Kier alpha value is -2.30. The van der Waals surface area contributed by atoms with Crippen LogP contribution in [0.25, 0.3) is 11.3 Å². The number of hydrogen-bond acceptors (Lipinski definition) is 3. The molecule has 0 saturated heterocycles. The molecule has 0 saturated carbocycles. The van der Waals surface area contributed by atoms with Crippen LogP contribution in [-0.2, 0) is 7.05 Å². The highest BCUT2D eigenvalue weighted by Gasteiger charge is 2.17. The van der Waals surface area contributed by atoms with Crippen molar-refractivity contribution < 1.29 is 14.6 Å². The molecular weight excluding hydrogens is 232 g/mol. The Morgan fingerprint density at radius 3 is 2.72 bits per heavy atom. The Bertz CT molecular complexity index is 602. The maximum Gasteiger partial charge on any atom is 0.356 e. The Morgan fingerprint density at radius 2 is 2.17 bits per heavy atom. The monoisotopic (exact) mass is 246 g/mol. The highest BCUT2D eigenvalue weighted by molar-refractivity contribution is 5.87. The van der Waals surface area contributed by atoms with E-state index in [2.05, 4.69) is 5.10 Å². The summed E-state index contributed by atoms with van der Waals surface area (Å²) in [7, 11) is 3.31. The fraction of sp³-hybridized carbons (Fsp3) is 0.231. The molecule has 0 aliphatic rings. The second-order valence-corrected chi connectivity index (χ2v) is 4.00. The summed E-state index contributed by atoms with van der Waals surface area (Å²) in [5, 5.41) is 12.9. The number of benzene rings is 1. The molecule has 0 spiro atoms. The van der Waals surface area contributed by atoms with E-state index in [1.807, 2.05) is 25.1 Å². The number of ether oxygens (including phenoxy) is 1. The molecule has 94 valence electrons. The first kappa shape index (κ1) is 12.2. The summed E-state index contributed by atoms with van der Waals surface area (Å²) in [5.74, 6) is -0.334. The maximum absolute atomic E-state index is 10.9. The van der Waals surface area contributed by atoms with Gasteiger partial charge in [0.1, 0.15) is 5.75 Å². The molecule has 5 nitrogen and oxygen atoms in total. The van der Waals surface area contributed by atoms with Crippen LogP contribution in [0.15, 0.2) is 24.3 Å². The van der Waals surface area contributed by atoms with E-state index in [4.69, 9.17) is 9.84 Å². The largest absolute Gasteiger partial charge is 0.496 e. The van der Waals surface area contributed by atoms with Gasteiger partial charge in [0.2, 0.25) is 0 Å². The zero-order valence-electron chi connectivity index (χ0n) is 10.5. The number of carboxylic acid groups (broad SMARTS) is 1. The summed E-state index contributed by atoms with van der Waals surface area (Å²) >= 11 is 0. The van der Waals surface area contributed by atoms with E-state index < -0.39 is 5.97 Å². The fourth-order valence-electron chi connectivity index (χ4n) is 1.94. The minimum absolute atomic E-state index is 0.0257. The summed E-state index contributed by atoms with van der Waals surface area (Å²) in [4.78, 5) is 10.9. The highest BCUT2D eigenvalue weighted by atomic mass is 16.5. The number of carbonyl (C=O) groups is 1. The molecule has 0 atom stereocenters.